The Kier molecular flexibility index (Phi) is 6.31. The molecular formula is C16H20N2O2. The van der Waals surface area contributed by atoms with Gasteiger partial charge >= 0.3 is 0 Å². The van der Waals surface area contributed by atoms with Crippen LogP contribution >= 0.6 is 0 Å². The van der Waals surface area contributed by atoms with Crippen molar-refractivity contribution < 1.29 is 9.53 Å². The van der Waals surface area contributed by atoms with Gasteiger partial charge in [0.25, 0.3) is 5.91 Å². The van der Waals surface area contributed by atoms with Gasteiger partial charge in [0.15, 0.2) is 0 Å². The summed E-state index contributed by atoms with van der Waals surface area (Å²) in [7, 11) is 0. The van der Waals surface area contributed by atoms with Crippen molar-refractivity contribution in [3.63, 3.8) is 0 Å². The highest BCUT2D eigenvalue weighted by Crippen LogP contribution is 2.14. The van der Waals surface area contributed by atoms with Gasteiger partial charge in [-0.1, -0.05) is 19.1 Å². The summed E-state index contributed by atoms with van der Waals surface area (Å²) >= 11 is 0. The van der Waals surface area contributed by atoms with E-state index < -0.39 is 0 Å². The molecule has 0 radical (unpaired) electrons. The summed E-state index contributed by atoms with van der Waals surface area (Å²) in [6.45, 7) is 6.43. The third-order valence-electron chi connectivity index (χ3n) is 2.45. The van der Waals surface area contributed by atoms with E-state index in [4.69, 9.17) is 10.00 Å². The van der Waals surface area contributed by atoms with E-state index in [9.17, 15) is 4.79 Å². The third-order valence-corrected chi connectivity index (χ3v) is 2.45. The van der Waals surface area contributed by atoms with Crippen LogP contribution < -0.4 is 10.1 Å². The zero-order chi connectivity index (χ0) is 15.0. The van der Waals surface area contributed by atoms with E-state index in [-0.39, 0.29) is 17.5 Å². The van der Waals surface area contributed by atoms with Crippen molar-refractivity contribution in [2.75, 3.05) is 6.61 Å². The maximum atomic E-state index is 11.8. The lowest BCUT2D eigenvalue weighted by Crippen LogP contribution is -2.30. The normalized spacial score (nSPS) is 11.1. The van der Waals surface area contributed by atoms with E-state index in [0.717, 1.165) is 17.7 Å². The lowest BCUT2D eigenvalue weighted by Gasteiger charge is -2.07. The molecule has 1 amide bonds. The van der Waals surface area contributed by atoms with Crippen molar-refractivity contribution in [1.29, 1.82) is 5.26 Å². The fourth-order valence-corrected chi connectivity index (χ4v) is 1.54. The van der Waals surface area contributed by atoms with Crippen LogP contribution in [0.15, 0.2) is 29.8 Å². The van der Waals surface area contributed by atoms with Crippen LogP contribution in [0.5, 0.6) is 5.75 Å². The Labute approximate surface area is 120 Å². The summed E-state index contributed by atoms with van der Waals surface area (Å²) in [6, 6.07) is 9.24. The number of ether oxygens (including phenoxy) is 1. The highest BCUT2D eigenvalue weighted by molar-refractivity contribution is 6.01. The minimum absolute atomic E-state index is 0.00377. The van der Waals surface area contributed by atoms with Crippen LogP contribution in [0.2, 0.25) is 0 Å². The van der Waals surface area contributed by atoms with Crippen molar-refractivity contribution in [2.45, 2.75) is 33.2 Å². The molecule has 0 bridgehead atoms. The van der Waals surface area contributed by atoms with Crippen LogP contribution in [-0.2, 0) is 4.79 Å². The number of nitrogens with zero attached hydrogens (tertiary/aromatic N) is 1. The zero-order valence-corrected chi connectivity index (χ0v) is 12.1. The number of benzene rings is 1. The standard InChI is InChI=1S/C16H20N2O2/c1-4-9-20-15-7-5-13(6-8-15)10-14(11-17)16(19)18-12(2)3/h5-8,10,12H,4,9H2,1-3H3,(H,18,19)/b14-10+. The molecule has 1 aromatic rings. The molecule has 20 heavy (non-hydrogen) atoms. The van der Waals surface area contributed by atoms with Crippen LogP contribution in [0, 0.1) is 11.3 Å². The van der Waals surface area contributed by atoms with Gasteiger partial charge < -0.3 is 10.1 Å². The summed E-state index contributed by atoms with van der Waals surface area (Å²) in [5.41, 5.74) is 0.894. The largest absolute Gasteiger partial charge is 0.494 e. The van der Waals surface area contributed by atoms with E-state index in [1.807, 2.05) is 51.1 Å². The summed E-state index contributed by atoms with van der Waals surface area (Å²) in [5.74, 6) is 0.433. The molecule has 0 aliphatic carbocycles. The minimum atomic E-state index is -0.353. The molecule has 0 spiro atoms. The fraction of sp³-hybridized carbons (Fsp3) is 0.375. The second-order valence-corrected chi connectivity index (χ2v) is 4.72. The Hall–Kier alpha value is -2.28. The van der Waals surface area contributed by atoms with Crippen LogP contribution in [0.1, 0.15) is 32.8 Å². The first kappa shape index (κ1) is 15.8. The lowest BCUT2D eigenvalue weighted by atomic mass is 10.1. The van der Waals surface area contributed by atoms with Crippen LogP contribution in [0.4, 0.5) is 0 Å². The van der Waals surface area contributed by atoms with Gasteiger partial charge in [-0.3, -0.25) is 4.79 Å². The summed E-state index contributed by atoms with van der Waals surface area (Å²) in [5, 5.41) is 11.7. The Bertz CT molecular complexity index is 510. The Morgan fingerprint density at radius 3 is 2.55 bits per heavy atom. The molecule has 0 heterocycles. The smallest absolute Gasteiger partial charge is 0.262 e. The molecule has 0 atom stereocenters. The van der Waals surface area contributed by atoms with E-state index in [1.165, 1.54) is 0 Å². The van der Waals surface area contributed by atoms with Gasteiger partial charge in [0.2, 0.25) is 0 Å². The van der Waals surface area contributed by atoms with Gasteiger partial charge in [-0.05, 0) is 44.0 Å². The summed E-state index contributed by atoms with van der Waals surface area (Å²) in [6.07, 6.45) is 2.52. The van der Waals surface area contributed by atoms with Crippen LogP contribution in [0.3, 0.4) is 0 Å². The first-order valence-corrected chi connectivity index (χ1v) is 6.72. The molecule has 4 nitrogen and oxygen atoms in total. The monoisotopic (exact) mass is 272 g/mol. The molecule has 0 saturated heterocycles. The Morgan fingerprint density at radius 1 is 1.40 bits per heavy atom. The number of nitriles is 1. The quantitative estimate of drug-likeness (QED) is 0.639. The third kappa shape index (κ3) is 5.15. The number of nitrogens with one attached hydrogen (secondary N) is 1. The van der Waals surface area contributed by atoms with Gasteiger partial charge in [0, 0.05) is 6.04 Å². The van der Waals surface area contributed by atoms with Crippen LogP contribution in [-0.4, -0.2) is 18.6 Å². The Balaban J connectivity index is 2.80. The number of carbonyl (C=O) groups is 1. The first-order chi connectivity index (χ1) is 9.56. The summed E-state index contributed by atoms with van der Waals surface area (Å²) in [4.78, 5) is 11.8. The average Bonchev–Trinajstić information content (AvgIpc) is 2.42. The molecule has 1 aromatic carbocycles. The van der Waals surface area contributed by atoms with Crippen LogP contribution in [0.25, 0.3) is 6.08 Å². The van der Waals surface area contributed by atoms with Gasteiger partial charge in [0.1, 0.15) is 17.4 Å². The Morgan fingerprint density at radius 2 is 2.05 bits per heavy atom. The molecule has 1 N–H and O–H groups in total. The van der Waals surface area contributed by atoms with Gasteiger partial charge in [-0.25, -0.2) is 0 Å². The zero-order valence-electron chi connectivity index (χ0n) is 12.1. The summed E-state index contributed by atoms with van der Waals surface area (Å²) < 4.78 is 5.48. The molecule has 1 rings (SSSR count). The van der Waals surface area contributed by atoms with E-state index in [0.29, 0.717) is 6.61 Å². The number of hydrogen-bond acceptors (Lipinski definition) is 3. The minimum Gasteiger partial charge on any atom is -0.494 e. The highest BCUT2D eigenvalue weighted by atomic mass is 16.5. The first-order valence-electron chi connectivity index (χ1n) is 6.72. The van der Waals surface area contributed by atoms with Crippen molar-refractivity contribution in [3.05, 3.63) is 35.4 Å². The molecule has 0 unspecified atom stereocenters. The highest BCUT2D eigenvalue weighted by Gasteiger charge is 2.09. The van der Waals surface area contributed by atoms with Crippen molar-refractivity contribution in [2.24, 2.45) is 0 Å². The molecule has 4 heteroatoms. The van der Waals surface area contributed by atoms with Gasteiger partial charge in [-0.2, -0.15) is 5.26 Å². The van der Waals surface area contributed by atoms with E-state index in [2.05, 4.69) is 5.32 Å². The maximum absolute atomic E-state index is 11.8. The van der Waals surface area contributed by atoms with Crippen molar-refractivity contribution in [3.8, 4) is 11.8 Å². The average molecular weight is 272 g/mol. The van der Waals surface area contributed by atoms with Gasteiger partial charge in [-0.15, -0.1) is 0 Å². The predicted molar refractivity (Wildman–Crippen MR) is 79.1 cm³/mol. The van der Waals surface area contributed by atoms with E-state index in [1.54, 1.807) is 6.08 Å². The molecule has 0 aliphatic heterocycles. The lowest BCUT2D eigenvalue weighted by molar-refractivity contribution is -0.117. The second-order valence-electron chi connectivity index (χ2n) is 4.72. The fourth-order valence-electron chi connectivity index (χ4n) is 1.54. The van der Waals surface area contributed by atoms with Crippen molar-refractivity contribution >= 4 is 12.0 Å². The van der Waals surface area contributed by atoms with E-state index >= 15 is 0 Å². The molecule has 0 saturated carbocycles. The number of carbonyl (C=O) groups excluding carboxylic acids is 1. The predicted octanol–water partition coefficient (Wildman–Crippen LogP) is 2.91. The molecule has 106 valence electrons. The second kappa shape index (κ2) is 8.00. The number of hydrogen-bond donors (Lipinski definition) is 1. The molecule has 0 aliphatic rings. The van der Waals surface area contributed by atoms with Crippen molar-refractivity contribution in [1.82, 2.24) is 5.32 Å². The molecule has 0 fully saturated rings. The molecule has 0 aromatic heterocycles. The number of amides is 1. The maximum Gasteiger partial charge on any atom is 0.262 e. The number of rotatable bonds is 6. The van der Waals surface area contributed by atoms with Gasteiger partial charge in [0.05, 0.1) is 6.61 Å². The topological polar surface area (TPSA) is 62.1 Å². The SMILES string of the molecule is CCCOc1ccc(/C=C(\C#N)C(=O)NC(C)C)cc1. The molecular weight excluding hydrogens is 252 g/mol.